The van der Waals surface area contributed by atoms with Crippen molar-refractivity contribution in [3.63, 3.8) is 0 Å². The summed E-state index contributed by atoms with van der Waals surface area (Å²) in [5.74, 6) is -0.400. The second-order valence-corrected chi connectivity index (χ2v) is 4.37. The number of anilines is 1. The van der Waals surface area contributed by atoms with Gasteiger partial charge in [-0.1, -0.05) is 23.5 Å². The van der Waals surface area contributed by atoms with Crippen molar-refractivity contribution in [1.82, 2.24) is 10.2 Å². The molecule has 0 saturated heterocycles. The van der Waals surface area contributed by atoms with E-state index in [2.05, 4.69) is 15.5 Å². The van der Waals surface area contributed by atoms with E-state index in [9.17, 15) is 17.6 Å². The summed E-state index contributed by atoms with van der Waals surface area (Å²) in [5.41, 5.74) is 0.610. The largest absolute Gasteiger partial charge is 0.445 e. The van der Waals surface area contributed by atoms with E-state index in [0.717, 1.165) is 0 Å². The molecule has 2 rings (SSSR count). The molecule has 0 radical (unpaired) electrons. The quantitative estimate of drug-likeness (QED) is 0.875. The van der Waals surface area contributed by atoms with Gasteiger partial charge in [0.15, 0.2) is 0 Å². The number of alkyl halides is 3. The molecular weight excluding hydrogens is 270 g/mol. The smallest absolute Gasteiger partial charge is 0.356 e. The molecule has 1 heterocycles. The molecule has 3 nitrogen and oxygen atoms in total. The molecule has 0 unspecified atom stereocenters. The molecule has 0 aliphatic carbocycles. The Balaban J connectivity index is 2.01. The second kappa shape index (κ2) is 4.89. The molecule has 0 atom stereocenters. The van der Waals surface area contributed by atoms with Crippen molar-refractivity contribution in [1.29, 1.82) is 0 Å². The van der Waals surface area contributed by atoms with E-state index < -0.39 is 17.0 Å². The fraction of sp³-hybridized carbons (Fsp3) is 0.200. The normalized spacial score (nSPS) is 11.6. The van der Waals surface area contributed by atoms with E-state index in [4.69, 9.17) is 0 Å². The summed E-state index contributed by atoms with van der Waals surface area (Å²) in [5, 5.41) is 8.08. The number of hydrogen-bond donors (Lipinski definition) is 1. The summed E-state index contributed by atoms with van der Waals surface area (Å²) in [6, 6.07) is 5.75. The number of aromatic nitrogens is 2. The van der Waals surface area contributed by atoms with E-state index >= 15 is 0 Å². The molecule has 0 fully saturated rings. The number of halogens is 4. The SMILES string of the molecule is Fc1cccc(CNc2nnc(C(F)(F)F)s2)c1. The summed E-state index contributed by atoms with van der Waals surface area (Å²) in [6.07, 6.45) is -4.49. The van der Waals surface area contributed by atoms with Crippen LogP contribution in [0, 0.1) is 5.82 Å². The Morgan fingerprint density at radius 1 is 1.22 bits per heavy atom. The maximum Gasteiger partial charge on any atom is 0.445 e. The minimum atomic E-state index is -4.49. The molecule has 0 saturated carbocycles. The molecular formula is C10H7F4N3S. The fourth-order valence-electron chi connectivity index (χ4n) is 1.23. The van der Waals surface area contributed by atoms with Crippen molar-refractivity contribution < 1.29 is 17.6 Å². The first-order valence-electron chi connectivity index (χ1n) is 4.84. The van der Waals surface area contributed by atoms with Crippen LogP contribution in [0.25, 0.3) is 0 Å². The lowest BCUT2D eigenvalue weighted by atomic mass is 10.2. The van der Waals surface area contributed by atoms with Crippen molar-refractivity contribution in [2.45, 2.75) is 12.7 Å². The van der Waals surface area contributed by atoms with E-state index in [1.807, 2.05) is 0 Å². The van der Waals surface area contributed by atoms with E-state index in [1.54, 1.807) is 6.07 Å². The van der Waals surface area contributed by atoms with Crippen LogP contribution in [0.4, 0.5) is 22.7 Å². The highest BCUT2D eigenvalue weighted by atomic mass is 32.1. The van der Waals surface area contributed by atoms with Gasteiger partial charge in [-0.15, -0.1) is 10.2 Å². The van der Waals surface area contributed by atoms with Crippen LogP contribution in [0.1, 0.15) is 10.6 Å². The molecule has 0 aliphatic heterocycles. The molecule has 2 aromatic rings. The van der Waals surface area contributed by atoms with Gasteiger partial charge in [-0.25, -0.2) is 4.39 Å². The Labute approximate surface area is 103 Å². The summed E-state index contributed by atoms with van der Waals surface area (Å²) < 4.78 is 49.6. The minimum absolute atomic E-state index is 0.0478. The fourth-order valence-corrected chi connectivity index (χ4v) is 1.84. The lowest BCUT2D eigenvalue weighted by molar-refractivity contribution is -0.138. The third-order valence-corrected chi connectivity index (χ3v) is 2.93. The van der Waals surface area contributed by atoms with Gasteiger partial charge in [0, 0.05) is 6.54 Å². The van der Waals surface area contributed by atoms with Gasteiger partial charge in [-0.05, 0) is 17.7 Å². The van der Waals surface area contributed by atoms with Crippen molar-refractivity contribution in [2.75, 3.05) is 5.32 Å². The molecule has 1 N–H and O–H groups in total. The predicted octanol–water partition coefficient (Wildman–Crippen LogP) is 3.31. The van der Waals surface area contributed by atoms with Crippen molar-refractivity contribution in [3.8, 4) is 0 Å². The maximum atomic E-state index is 12.9. The van der Waals surface area contributed by atoms with Crippen LogP contribution in [0.5, 0.6) is 0 Å². The van der Waals surface area contributed by atoms with Crippen LogP contribution < -0.4 is 5.32 Å². The van der Waals surface area contributed by atoms with Crippen LogP contribution >= 0.6 is 11.3 Å². The molecule has 1 aromatic carbocycles. The van der Waals surface area contributed by atoms with Gasteiger partial charge < -0.3 is 5.32 Å². The summed E-state index contributed by atoms with van der Waals surface area (Å²) >= 11 is 0.411. The van der Waals surface area contributed by atoms with Crippen LogP contribution in [-0.4, -0.2) is 10.2 Å². The average molecular weight is 277 g/mol. The molecule has 8 heteroatoms. The van der Waals surface area contributed by atoms with Gasteiger partial charge in [0.2, 0.25) is 10.1 Å². The summed E-state index contributed by atoms with van der Waals surface area (Å²) in [6.45, 7) is 0.185. The molecule has 18 heavy (non-hydrogen) atoms. The zero-order valence-electron chi connectivity index (χ0n) is 8.83. The van der Waals surface area contributed by atoms with E-state index in [-0.39, 0.29) is 11.7 Å². The Morgan fingerprint density at radius 2 is 2.00 bits per heavy atom. The van der Waals surface area contributed by atoms with Crippen LogP contribution in [-0.2, 0) is 12.7 Å². The molecule has 0 aliphatic rings. The average Bonchev–Trinajstić information content (AvgIpc) is 2.74. The molecule has 1 aromatic heterocycles. The number of rotatable bonds is 3. The van der Waals surface area contributed by atoms with Gasteiger partial charge in [-0.2, -0.15) is 13.2 Å². The van der Waals surface area contributed by atoms with Crippen molar-refractivity contribution in [2.24, 2.45) is 0 Å². The maximum absolute atomic E-state index is 12.9. The Bertz CT molecular complexity index is 538. The van der Waals surface area contributed by atoms with Crippen LogP contribution in [0.3, 0.4) is 0 Å². The number of benzene rings is 1. The lowest BCUT2D eigenvalue weighted by Gasteiger charge is -2.02. The van der Waals surface area contributed by atoms with Gasteiger partial charge in [0.1, 0.15) is 5.82 Å². The number of nitrogens with zero attached hydrogens (tertiary/aromatic N) is 2. The zero-order valence-corrected chi connectivity index (χ0v) is 9.65. The molecule has 0 amide bonds. The second-order valence-electron chi connectivity index (χ2n) is 3.39. The van der Waals surface area contributed by atoms with Crippen LogP contribution in [0.15, 0.2) is 24.3 Å². The zero-order chi connectivity index (χ0) is 13.2. The van der Waals surface area contributed by atoms with E-state index in [0.29, 0.717) is 16.9 Å². The van der Waals surface area contributed by atoms with Crippen molar-refractivity contribution in [3.05, 3.63) is 40.7 Å². The summed E-state index contributed by atoms with van der Waals surface area (Å²) in [4.78, 5) is 0. The van der Waals surface area contributed by atoms with Gasteiger partial charge >= 0.3 is 6.18 Å². The summed E-state index contributed by atoms with van der Waals surface area (Å²) in [7, 11) is 0. The predicted molar refractivity (Wildman–Crippen MR) is 58.6 cm³/mol. The topological polar surface area (TPSA) is 37.8 Å². The highest BCUT2D eigenvalue weighted by Gasteiger charge is 2.35. The van der Waals surface area contributed by atoms with E-state index in [1.165, 1.54) is 18.2 Å². The molecule has 0 bridgehead atoms. The standard InChI is InChI=1S/C10H7F4N3S/c11-7-3-1-2-6(4-7)5-15-9-17-16-8(18-9)10(12,13)14/h1-4H,5H2,(H,15,17). The Hall–Kier alpha value is -1.70. The highest BCUT2D eigenvalue weighted by molar-refractivity contribution is 7.15. The first-order chi connectivity index (χ1) is 8.45. The van der Waals surface area contributed by atoms with Gasteiger partial charge in [-0.3, -0.25) is 0 Å². The monoisotopic (exact) mass is 277 g/mol. The van der Waals surface area contributed by atoms with Gasteiger partial charge in [0.25, 0.3) is 0 Å². The number of hydrogen-bond acceptors (Lipinski definition) is 4. The Morgan fingerprint density at radius 3 is 2.61 bits per heavy atom. The third kappa shape index (κ3) is 3.16. The lowest BCUT2D eigenvalue weighted by Crippen LogP contribution is -2.03. The molecule has 0 spiro atoms. The first-order valence-corrected chi connectivity index (χ1v) is 5.66. The van der Waals surface area contributed by atoms with Crippen molar-refractivity contribution >= 4 is 16.5 Å². The minimum Gasteiger partial charge on any atom is -0.356 e. The third-order valence-electron chi connectivity index (χ3n) is 2.00. The number of nitrogens with one attached hydrogen (secondary N) is 1. The van der Waals surface area contributed by atoms with Crippen LogP contribution in [0.2, 0.25) is 0 Å². The van der Waals surface area contributed by atoms with Gasteiger partial charge in [0.05, 0.1) is 0 Å². The highest BCUT2D eigenvalue weighted by Crippen LogP contribution is 2.33. The Kier molecular flexibility index (Phi) is 3.46. The molecule has 96 valence electrons. The first kappa shape index (κ1) is 12.7.